The summed E-state index contributed by atoms with van der Waals surface area (Å²) >= 11 is 5.31. The number of ether oxygens (including phenoxy) is 3. The van der Waals surface area contributed by atoms with Crippen LogP contribution in [0.4, 0.5) is 11.4 Å². The van der Waals surface area contributed by atoms with Gasteiger partial charge in [0.05, 0.1) is 7.11 Å². The van der Waals surface area contributed by atoms with Crippen molar-refractivity contribution < 1.29 is 14.2 Å². The van der Waals surface area contributed by atoms with Crippen molar-refractivity contribution in [2.45, 2.75) is 0 Å². The van der Waals surface area contributed by atoms with E-state index in [0.29, 0.717) is 18.3 Å². The molecule has 0 spiro atoms. The molecule has 2 aromatic rings. The summed E-state index contributed by atoms with van der Waals surface area (Å²) in [5.41, 5.74) is 1.73. The van der Waals surface area contributed by atoms with Crippen LogP contribution in [0.25, 0.3) is 0 Å². The molecule has 0 unspecified atom stereocenters. The van der Waals surface area contributed by atoms with E-state index in [-0.39, 0.29) is 0 Å². The molecule has 2 aromatic carbocycles. The normalized spacial score (nSPS) is 12.4. The first-order chi connectivity index (χ1) is 10.7. The summed E-state index contributed by atoms with van der Waals surface area (Å²) in [6.07, 6.45) is 0. The van der Waals surface area contributed by atoms with Gasteiger partial charge in [0.15, 0.2) is 16.6 Å². The molecule has 1 aliphatic rings. The Morgan fingerprint density at radius 1 is 0.955 bits per heavy atom. The first-order valence-corrected chi connectivity index (χ1v) is 7.27. The number of thiocarbonyl (C=S) groups is 1. The zero-order valence-electron chi connectivity index (χ0n) is 12.1. The number of hydrogen-bond acceptors (Lipinski definition) is 4. The minimum atomic E-state index is 0.502. The molecule has 0 radical (unpaired) electrons. The first kappa shape index (κ1) is 14.5. The van der Waals surface area contributed by atoms with Crippen molar-refractivity contribution in [3.05, 3.63) is 42.5 Å². The topological polar surface area (TPSA) is 51.8 Å². The largest absolute Gasteiger partial charge is 0.497 e. The molecule has 0 atom stereocenters. The Labute approximate surface area is 134 Å². The smallest absolute Gasteiger partial charge is 0.175 e. The number of anilines is 2. The lowest BCUT2D eigenvalue weighted by Crippen LogP contribution is -2.20. The summed E-state index contributed by atoms with van der Waals surface area (Å²) in [7, 11) is 1.64. The van der Waals surface area contributed by atoms with Gasteiger partial charge in [-0.05, 0) is 48.6 Å². The molecular formula is C16H16N2O3S. The second-order valence-corrected chi connectivity index (χ2v) is 5.07. The average Bonchev–Trinajstić information content (AvgIpc) is 2.55. The number of nitrogens with one attached hydrogen (secondary N) is 2. The molecule has 0 saturated carbocycles. The number of methoxy groups -OCH3 is 1. The predicted octanol–water partition coefficient (Wildman–Crippen LogP) is 3.28. The first-order valence-electron chi connectivity index (χ1n) is 6.86. The van der Waals surface area contributed by atoms with Gasteiger partial charge in [0.25, 0.3) is 0 Å². The van der Waals surface area contributed by atoms with Crippen LogP contribution in [0.2, 0.25) is 0 Å². The highest BCUT2D eigenvalue weighted by atomic mass is 32.1. The van der Waals surface area contributed by atoms with E-state index < -0.39 is 0 Å². The van der Waals surface area contributed by atoms with E-state index >= 15 is 0 Å². The molecule has 6 heteroatoms. The monoisotopic (exact) mass is 316 g/mol. The third-order valence-corrected chi connectivity index (χ3v) is 3.35. The molecule has 3 rings (SSSR count). The molecule has 2 N–H and O–H groups in total. The van der Waals surface area contributed by atoms with Gasteiger partial charge in [-0.3, -0.25) is 0 Å². The summed E-state index contributed by atoms with van der Waals surface area (Å²) in [6.45, 7) is 1.14. The van der Waals surface area contributed by atoms with E-state index in [2.05, 4.69) is 10.6 Å². The van der Waals surface area contributed by atoms with Gasteiger partial charge < -0.3 is 24.8 Å². The van der Waals surface area contributed by atoms with Crippen molar-refractivity contribution in [3.63, 3.8) is 0 Å². The number of fused-ring (bicyclic) bond motifs is 1. The van der Waals surface area contributed by atoms with Gasteiger partial charge >= 0.3 is 0 Å². The predicted molar refractivity (Wildman–Crippen MR) is 90.3 cm³/mol. The zero-order chi connectivity index (χ0) is 15.4. The Bertz CT molecular complexity index is 674. The molecule has 114 valence electrons. The molecule has 0 saturated heterocycles. The number of rotatable bonds is 3. The fourth-order valence-electron chi connectivity index (χ4n) is 2.09. The van der Waals surface area contributed by atoms with Crippen LogP contribution in [0.15, 0.2) is 42.5 Å². The standard InChI is InChI=1S/C16H16N2O3S/c1-19-13-5-2-11(3-6-13)17-16(22)18-12-4-7-14-15(10-12)21-9-8-20-14/h2-7,10H,8-9H2,1H3,(H2,17,18,22). The number of hydrogen-bond donors (Lipinski definition) is 2. The van der Waals surface area contributed by atoms with Crippen LogP contribution in [0.5, 0.6) is 17.2 Å². The zero-order valence-corrected chi connectivity index (χ0v) is 12.9. The van der Waals surface area contributed by atoms with Crippen molar-refractivity contribution >= 4 is 28.7 Å². The molecule has 0 aromatic heterocycles. The summed E-state index contributed by atoms with van der Waals surface area (Å²) in [6, 6.07) is 13.2. The highest BCUT2D eigenvalue weighted by Crippen LogP contribution is 2.32. The van der Waals surface area contributed by atoms with Crippen LogP contribution in [0.1, 0.15) is 0 Å². The van der Waals surface area contributed by atoms with E-state index in [1.165, 1.54) is 0 Å². The highest BCUT2D eigenvalue weighted by Gasteiger charge is 2.12. The second-order valence-electron chi connectivity index (χ2n) is 4.67. The Hall–Kier alpha value is -2.47. The van der Waals surface area contributed by atoms with Gasteiger partial charge in [0.2, 0.25) is 0 Å². The SMILES string of the molecule is COc1ccc(NC(=S)Nc2ccc3c(c2)OCCO3)cc1. The fourth-order valence-corrected chi connectivity index (χ4v) is 2.32. The lowest BCUT2D eigenvalue weighted by Gasteiger charge is -2.19. The maximum atomic E-state index is 5.55. The number of benzene rings is 2. The van der Waals surface area contributed by atoms with Crippen LogP contribution in [-0.4, -0.2) is 25.4 Å². The fraction of sp³-hybridized carbons (Fsp3) is 0.188. The maximum Gasteiger partial charge on any atom is 0.175 e. The molecule has 1 heterocycles. The molecule has 0 amide bonds. The van der Waals surface area contributed by atoms with Gasteiger partial charge in [0.1, 0.15) is 19.0 Å². The minimum absolute atomic E-state index is 0.502. The van der Waals surface area contributed by atoms with Gasteiger partial charge in [-0.2, -0.15) is 0 Å². The van der Waals surface area contributed by atoms with Gasteiger partial charge in [0, 0.05) is 17.4 Å². The van der Waals surface area contributed by atoms with E-state index in [1.807, 2.05) is 42.5 Å². The van der Waals surface area contributed by atoms with Crippen molar-refractivity contribution in [1.82, 2.24) is 0 Å². The minimum Gasteiger partial charge on any atom is -0.497 e. The van der Waals surface area contributed by atoms with Crippen LogP contribution in [-0.2, 0) is 0 Å². The average molecular weight is 316 g/mol. The van der Waals surface area contributed by atoms with Crippen molar-refractivity contribution in [3.8, 4) is 17.2 Å². The Morgan fingerprint density at radius 2 is 1.59 bits per heavy atom. The Balaban J connectivity index is 1.63. The van der Waals surface area contributed by atoms with Gasteiger partial charge in [-0.25, -0.2) is 0 Å². The van der Waals surface area contributed by atoms with Crippen LogP contribution >= 0.6 is 12.2 Å². The lowest BCUT2D eigenvalue weighted by molar-refractivity contribution is 0.171. The molecule has 1 aliphatic heterocycles. The summed E-state index contributed by atoms with van der Waals surface area (Å²) in [5.74, 6) is 2.28. The van der Waals surface area contributed by atoms with Crippen LogP contribution < -0.4 is 24.8 Å². The van der Waals surface area contributed by atoms with Crippen molar-refractivity contribution in [2.75, 3.05) is 31.0 Å². The van der Waals surface area contributed by atoms with Crippen molar-refractivity contribution in [1.29, 1.82) is 0 Å². The molecule has 0 bridgehead atoms. The van der Waals surface area contributed by atoms with E-state index in [4.69, 9.17) is 26.4 Å². The maximum absolute atomic E-state index is 5.55. The van der Waals surface area contributed by atoms with E-state index in [1.54, 1.807) is 7.11 Å². The Morgan fingerprint density at radius 3 is 2.32 bits per heavy atom. The molecule has 22 heavy (non-hydrogen) atoms. The summed E-state index contributed by atoms with van der Waals surface area (Å²) < 4.78 is 16.2. The third-order valence-electron chi connectivity index (χ3n) is 3.15. The lowest BCUT2D eigenvalue weighted by atomic mass is 10.2. The van der Waals surface area contributed by atoms with E-state index in [9.17, 15) is 0 Å². The highest BCUT2D eigenvalue weighted by molar-refractivity contribution is 7.80. The molecular weight excluding hydrogens is 300 g/mol. The van der Waals surface area contributed by atoms with Crippen molar-refractivity contribution in [2.24, 2.45) is 0 Å². The van der Waals surface area contributed by atoms with Gasteiger partial charge in [-0.1, -0.05) is 0 Å². The van der Waals surface area contributed by atoms with Crippen LogP contribution in [0, 0.1) is 0 Å². The quantitative estimate of drug-likeness (QED) is 0.848. The van der Waals surface area contributed by atoms with Crippen LogP contribution in [0.3, 0.4) is 0 Å². The summed E-state index contributed by atoms with van der Waals surface area (Å²) in [5, 5.41) is 6.74. The van der Waals surface area contributed by atoms with E-state index in [0.717, 1.165) is 28.6 Å². The second kappa shape index (κ2) is 6.53. The third kappa shape index (κ3) is 3.40. The summed E-state index contributed by atoms with van der Waals surface area (Å²) in [4.78, 5) is 0. The Kier molecular flexibility index (Phi) is 4.29. The molecule has 0 fully saturated rings. The van der Waals surface area contributed by atoms with Gasteiger partial charge in [-0.15, -0.1) is 0 Å². The molecule has 5 nitrogen and oxygen atoms in total. The molecule has 0 aliphatic carbocycles.